The van der Waals surface area contributed by atoms with Gasteiger partial charge in [-0.3, -0.25) is 4.79 Å². The summed E-state index contributed by atoms with van der Waals surface area (Å²) in [6.45, 7) is 3.64. The Morgan fingerprint density at radius 1 is 0.846 bits per heavy atom. The summed E-state index contributed by atoms with van der Waals surface area (Å²) < 4.78 is 0. The summed E-state index contributed by atoms with van der Waals surface area (Å²) >= 11 is 1.49. The summed E-state index contributed by atoms with van der Waals surface area (Å²) in [7, 11) is 0. The number of piperazine rings is 1. The Morgan fingerprint density at radius 3 is 2.08 bits per heavy atom. The number of hydrogen-bond acceptors (Lipinski definition) is 4. The Kier molecular flexibility index (Phi) is 6.01. The van der Waals surface area contributed by atoms with Crippen molar-refractivity contribution < 1.29 is 4.79 Å². The first-order valence-corrected chi connectivity index (χ1v) is 9.24. The number of thioether (sulfide) groups is 1. The van der Waals surface area contributed by atoms with Gasteiger partial charge in [-0.2, -0.15) is 4.99 Å². The lowest BCUT2D eigenvalue weighted by Gasteiger charge is -2.36. The summed E-state index contributed by atoms with van der Waals surface area (Å²) in [4.78, 5) is 21.8. The molecule has 0 aromatic heterocycles. The maximum atomic E-state index is 12.2. The standard InChI is InChI=1S/C20H19N3OS.ClH/c24-19-18(15-16-7-3-1-4-8-16)25-20(21-19)23-13-11-22(12-14-23)17-9-5-2-6-10-17;/h1-10,15H,11-14H2;1H. The lowest BCUT2D eigenvalue weighted by Crippen LogP contribution is -2.47. The number of carbonyl (C=O) groups excluding carboxylic acids is 1. The van der Waals surface area contributed by atoms with Gasteiger partial charge in [-0.15, -0.1) is 12.4 Å². The van der Waals surface area contributed by atoms with Crippen molar-refractivity contribution >= 4 is 47.0 Å². The van der Waals surface area contributed by atoms with E-state index in [1.807, 2.05) is 42.5 Å². The zero-order valence-corrected chi connectivity index (χ0v) is 15.9. The molecule has 4 nitrogen and oxygen atoms in total. The van der Waals surface area contributed by atoms with Crippen LogP contribution in [0, 0.1) is 0 Å². The monoisotopic (exact) mass is 385 g/mol. The average molecular weight is 386 g/mol. The maximum absolute atomic E-state index is 12.2. The Labute approximate surface area is 164 Å². The van der Waals surface area contributed by atoms with Gasteiger partial charge in [0.25, 0.3) is 5.91 Å². The predicted molar refractivity (Wildman–Crippen MR) is 112 cm³/mol. The first-order chi connectivity index (χ1) is 12.3. The van der Waals surface area contributed by atoms with Crippen molar-refractivity contribution in [2.45, 2.75) is 0 Å². The van der Waals surface area contributed by atoms with Gasteiger partial charge in [-0.25, -0.2) is 0 Å². The van der Waals surface area contributed by atoms with Gasteiger partial charge in [0.15, 0.2) is 5.17 Å². The van der Waals surface area contributed by atoms with Gasteiger partial charge in [0.1, 0.15) is 0 Å². The molecule has 0 N–H and O–H groups in total. The van der Waals surface area contributed by atoms with E-state index in [2.05, 4.69) is 39.1 Å². The Bertz CT molecular complexity index is 815. The third-order valence-electron chi connectivity index (χ3n) is 4.38. The summed E-state index contributed by atoms with van der Waals surface area (Å²) in [5.74, 6) is -0.130. The summed E-state index contributed by atoms with van der Waals surface area (Å²) in [6.07, 6.45) is 1.92. The first kappa shape index (κ1) is 18.5. The lowest BCUT2D eigenvalue weighted by atomic mass is 10.2. The number of rotatable bonds is 2. The van der Waals surface area contributed by atoms with Crippen LogP contribution in [0.25, 0.3) is 6.08 Å². The molecule has 0 atom stereocenters. The van der Waals surface area contributed by atoms with Gasteiger partial charge in [0, 0.05) is 31.9 Å². The van der Waals surface area contributed by atoms with E-state index in [0.29, 0.717) is 4.91 Å². The van der Waals surface area contributed by atoms with Crippen molar-refractivity contribution in [1.29, 1.82) is 0 Å². The summed E-state index contributed by atoms with van der Waals surface area (Å²) in [5.41, 5.74) is 2.28. The molecule has 134 valence electrons. The van der Waals surface area contributed by atoms with Crippen molar-refractivity contribution in [3.63, 3.8) is 0 Å². The number of anilines is 1. The van der Waals surface area contributed by atoms with Crippen LogP contribution >= 0.6 is 24.2 Å². The summed E-state index contributed by atoms with van der Waals surface area (Å²) in [5, 5.41) is 0.833. The van der Waals surface area contributed by atoms with Gasteiger partial charge in [-0.1, -0.05) is 48.5 Å². The molecular weight excluding hydrogens is 366 g/mol. The number of para-hydroxylation sites is 1. The second-order valence-electron chi connectivity index (χ2n) is 6.03. The zero-order valence-electron chi connectivity index (χ0n) is 14.2. The molecule has 2 aliphatic heterocycles. The molecular formula is C20H20ClN3OS. The van der Waals surface area contributed by atoms with Crippen molar-refractivity contribution in [2.24, 2.45) is 4.99 Å². The number of halogens is 1. The van der Waals surface area contributed by atoms with Crippen LogP contribution in [0.1, 0.15) is 5.56 Å². The van der Waals surface area contributed by atoms with E-state index in [-0.39, 0.29) is 18.3 Å². The predicted octanol–water partition coefficient (Wildman–Crippen LogP) is 3.90. The van der Waals surface area contributed by atoms with E-state index in [1.54, 1.807) is 0 Å². The first-order valence-electron chi connectivity index (χ1n) is 8.42. The molecule has 0 saturated carbocycles. The van der Waals surface area contributed by atoms with Crippen LogP contribution in [0.5, 0.6) is 0 Å². The molecule has 4 rings (SSSR count). The molecule has 0 bridgehead atoms. The molecule has 0 unspecified atom stereocenters. The quantitative estimate of drug-likeness (QED) is 0.734. The van der Waals surface area contributed by atoms with Crippen molar-refractivity contribution in [3.05, 3.63) is 71.1 Å². The molecule has 0 spiro atoms. The number of nitrogens with zero attached hydrogens (tertiary/aromatic N) is 3. The van der Waals surface area contributed by atoms with Crippen LogP contribution in [-0.2, 0) is 4.79 Å². The Balaban J connectivity index is 0.00000196. The topological polar surface area (TPSA) is 35.9 Å². The van der Waals surface area contributed by atoms with E-state index in [0.717, 1.165) is 36.9 Å². The number of aliphatic imine (C=N–C) groups is 1. The molecule has 2 heterocycles. The molecule has 2 aromatic carbocycles. The van der Waals surface area contributed by atoms with E-state index in [4.69, 9.17) is 0 Å². The van der Waals surface area contributed by atoms with Crippen molar-refractivity contribution in [3.8, 4) is 0 Å². The Morgan fingerprint density at radius 2 is 1.42 bits per heavy atom. The highest BCUT2D eigenvalue weighted by Gasteiger charge is 2.28. The third kappa shape index (κ3) is 4.11. The van der Waals surface area contributed by atoms with Crippen LogP contribution in [-0.4, -0.2) is 42.2 Å². The van der Waals surface area contributed by atoms with Gasteiger partial charge in [-0.05, 0) is 35.5 Å². The van der Waals surface area contributed by atoms with Crippen molar-refractivity contribution in [1.82, 2.24) is 4.90 Å². The smallest absolute Gasteiger partial charge is 0.286 e. The fraction of sp³-hybridized carbons (Fsp3) is 0.200. The molecule has 0 aliphatic carbocycles. The van der Waals surface area contributed by atoms with Gasteiger partial charge < -0.3 is 9.80 Å². The van der Waals surface area contributed by atoms with E-state index >= 15 is 0 Å². The fourth-order valence-corrected chi connectivity index (χ4v) is 3.99. The second-order valence-corrected chi connectivity index (χ2v) is 7.04. The van der Waals surface area contributed by atoms with Crippen LogP contribution in [0.2, 0.25) is 0 Å². The van der Waals surface area contributed by atoms with Crippen LogP contribution < -0.4 is 4.90 Å². The minimum absolute atomic E-state index is 0. The SMILES string of the molecule is Cl.O=C1N=C(N2CCN(c3ccccc3)CC2)SC1=Cc1ccccc1. The number of amides is 1. The molecule has 2 aromatic rings. The van der Waals surface area contributed by atoms with Gasteiger partial charge in [0.05, 0.1) is 4.91 Å². The number of amidine groups is 1. The normalized spacial score (nSPS) is 18.7. The third-order valence-corrected chi connectivity index (χ3v) is 5.42. The molecule has 1 amide bonds. The maximum Gasteiger partial charge on any atom is 0.286 e. The highest BCUT2D eigenvalue weighted by atomic mass is 35.5. The highest BCUT2D eigenvalue weighted by molar-refractivity contribution is 8.18. The average Bonchev–Trinajstić information content (AvgIpc) is 3.04. The van der Waals surface area contributed by atoms with E-state index in [1.165, 1.54) is 17.4 Å². The highest BCUT2D eigenvalue weighted by Crippen LogP contribution is 2.31. The number of carbonyl (C=O) groups is 1. The molecule has 0 radical (unpaired) electrons. The second kappa shape index (κ2) is 8.43. The zero-order chi connectivity index (χ0) is 17.1. The molecule has 6 heteroatoms. The molecule has 1 saturated heterocycles. The lowest BCUT2D eigenvalue weighted by molar-refractivity contribution is -0.113. The van der Waals surface area contributed by atoms with Gasteiger partial charge in [0.2, 0.25) is 0 Å². The minimum atomic E-state index is -0.130. The van der Waals surface area contributed by atoms with E-state index in [9.17, 15) is 4.79 Å². The van der Waals surface area contributed by atoms with Crippen LogP contribution in [0.15, 0.2) is 70.6 Å². The molecule has 1 fully saturated rings. The number of benzene rings is 2. The number of hydrogen-bond donors (Lipinski definition) is 0. The summed E-state index contributed by atoms with van der Waals surface area (Å²) in [6, 6.07) is 20.4. The van der Waals surface area contributed by atoms with Crippen LogP contribution in [0.3, 0.4) is 0 Å². The van der Waals surface area contributed by atoms with Gasteiger partial charge >= 0.3 is 0 Å². The van der Waals surface area contributed by atoms with Crippen LogP contribution in [0.4, 0.5) is 5.69 Å². The van der Waals surface area contributed by atoms with Crippen molar-refractivity contribution in [2.75, 3.05) is 31.1 Å². The fourth-order valence-electron chi connectivity index (χ4n) is 3.03. The minimum Gasteiger partial charge on any atom is -0.368 e. The molecule has 26 heavy (non-hydrogen) atoms. The largest absolute Gasteiger partial charge is 0.368 e. The Hall–Kier alpha value is -2.24. The molecule has 2 aliphatic rings. The van der Waals surface area contributed by atoms with E-state index < -0.39 is 0 Å².